The number of carbonyl (C=O) groups is 4. The summed E-state index contributed by atoms with van der Waals surface area (Å²) in [5.74, 6) is -2.44. The summed E-state index contributed by atoms with van der Waals surface area (Å²) in [6.45, 7) is 6.00. The largest absolute Gasteiger partial charge is 0.461 e. The van der Waals surface area contributed by atoms with Gasteiger partial charge in [-0.1, -0.05) is 13.8 Å². The third-order valence-electron chi connectivity index (χ3n) is 7.59. The molecule has 2 heterocycles. The second-order valence-corrected chi connectivity index (χ2v) is 12.7. The first-order valence-corrected chi connectivity index (χ1v) is 14.6. The van der Waals surface area contributed by atoms with Crippen molar-refractivity contribution in [2.24, 2.45) is 11.1 Å². The van der Waals surface area contributed by atoms with Crippen molar-refractivity contribution in [2.45, 2.75) is 70.9 Å². The number of benzene rings is 1. The van der Waals surface area contributed by atoms with Gasteiger partial charge in [-0.25, -0.2) is 4.68 Å². The zero-order valence-corrected chi connectivity index (χ0v) is 25.9. The minimum Gasteiger partial charge on any atom is -0.461 e. The summed E-state index contributed by atoms with van der Waals surface area (Å²) in [6, 6.07) is 3.93. The second-order valence-electron chi connectivity index (χ2n) is 12.7. The van der Waals surface area contributed by atoms with E-state index in [1.807, 2.05) is 0 Å². The summed E-state index contributed by atoms with van der Waals surface area (Å²) < 4.78 is 53.9. The lowest BCUT2D eigenvalue weighted by Gasteiger charge is -2.32. The molecule has 1 aliphatic heterocycles. The molecule has 4 N–H and O–H groups in total. The van der Waals surface area contributed by atoms with Gasteiger partial charge < -0.3 is 30.7 Å². The first kappa shape index (κ1) is 33.9. The van der Waals surface area contributed by atoms with Crippen LogP contribution in [0.3, 0.4) is 0 Å². The average molecular weight is 637 g/mol. The van der Waals surface area contributed by atoms with E-state index in [1.165, 1.54) is 25.1 Å². The number of primary amides is 1. The van der Waals surface area contributed by atoms with Gasteiger partial charge in [0.2, 0.25) is 0 Å². The molecule has 15 heteroatoms. The van der Waals surface area contributed by atoms with E-state index in [0.717, 1.165) is 4.68 Å². The number of Topliss-reactive ketones (excluding diaryl/α,β-unsaturated/α-hetero) is 1. The van der Waals surface area contributed by atoms with Crippen LogP contribution in [-0.2, 0) is 31.7 Å². The molecule has 3 unspecified atom stereocenters. The van der Waals surface area contributed by atoms with Crippen LogP contribution in [0.15, 0.2) is 18.2 Å². The summed E-state index contributed by atoms with van der Waals surface area (Å²) >= 11 is 0. The number of ether oxygens (including phenoxy) is 2. The molecule has 1 saturated heterocycles. The number of nitrogens with zero attached hydrogens (tertiary/aromatic N) is 3. The molecule has 45 heavy (non-hydrogen) atoms. The fraction of sp³-hybridized carbons (Fsp3) is 0.567. The van der Waals surface area contributed by atoms with Crippen molar-refractivity contribution < 1.29 is 41.8 Å². The van der Waals surface area contributed by atoms with Gasteiger partial charge in [-0.3, -0.25) is 19.2 Å². The minimum absolute atomic E-state index is 0.0390. The quantitative estimate of drug-likeness (QED) is 0.331. The Bertz CT molecular complexity index is 1470. The van der Waals surface area contributed by atoms with E-state index in [0.29, 0.717) is 26.1 Å². The maximum atomic E-state index is 14.0. The van der Waals surface area contributed by atoms with Crippen molar-refractivity contribution in [3.63, 3.8) is 0 Å². The molecule has 2 aliphatic rings. The number of hydrogen-bond donors (Lipinski definition) is 3. The van der Waals surface area contributed by atoms with Gasteiger partial charge in [0.25, 0.3) is 5.91 Å². The number of likely N-dealkylation sites (N-methyl/N-ethyl adjacent to an activating group) is 1. The third kappa shape index (κ3) is 8.39. The minimum atomic E-state index is -4.84. The molecule has 0 spiro atoms. The highest BCUT2D eigenvalue weighted by Gasteiger charge is 2.45. The van der Waals surface area contributed by atoms with Crippen molar-refractivity contribution in [1.82, 2.24) is 20.0 Å². The molecule has 0 bridgehead atoms. The molecular formula is C30H39F3N6O6. The summed E-state index contributed by atoms with van der Waals surface area (Å²) in [4.78, 5) is 51.1. The Kier molecular flexibility index (Phi) is 9.92. The topological polar surface area (TPSA) is 158 Å². The predicted molar refractivity (Wildman–Crippen MR) is 157 cm³/mol. The lowest BCUT2D eigenvalue weighted by molar-refractivity contribution is -0.157. The van der Waals surface area contributed by atoms with E-state index < -0.39 is 58.7 Å². The number of rotatable bonds is 10. The average Bonchev–Trinajstić information content (AvgIpc) is 3.27. The molecule has 1 fully saturated rings. The zero-order valence-electron chi connectivity index (χ0n) is 25.9. The number of aromatic nitrogens is 2. The zero-order chi connectivity index (χ0) is 33.3. The Hall–Kier alpha value is -3.98. The normalized spacial score (nSPS) is 20.3. The van der Waals surface area contributed by atoms with Crippen molar-refractivity contribution >= 4 is 29.3 Å². The van der Waals surface area contributed by atoms with E-state index in [9.17, 15) is 32.3 Å². The van der Waals surface area contributed by atoms with Gasteiger partial charge in [-0.15, -0.1) is 0 Å². The Balaban J connectivity index is 1.57. The fourth-order valence-corrected chi connectivity index (χ4v) is 5.89. The molecule has 3 atom stereocenters. The van der Waals surface area contributed by atoms with Gasteiger partial charge in [0.1, 0.15) is 12.2 Å². The standard InChI is InChI=1S/C30H39F3N6O6/c1-16(40)44-20(15-38(4)5)10-25(42)45-19-8-17(13-35-14-19)36-22-9-18(6-7-21(22)28(34)43)39-23-11-29(2,3)12-24(41)26(23)27(37-39)30(31,32)33/h6-7,9,17,19-20,35-36H,8,10-15H2,1-5H3,(H2,34,43). The number of ketones is 1. The van der Waals surface area contributed by atoms with Gasteiger partial charge in [-0.2, -0.15) is 18.3 Å². The van der Waals surface area contributed by atoms with E-state index >= 15 is 0 Å². The summed E-state index contributed by atoms with van der Waals surface area (Å²) in [5, 5.41) is 10.2. The van der Waals surface area contributed by atoms with Crippen LogP contribution in [0.2, 0.25) is 0 Å². The van der Waals surface area contributed by atoms with Crippen LogP contribution >= 0.6 is 0 Å². The van der Waals surface area contributed by atoms with E-state index in [4.69, 9.17) is 15.2 Å². The maximum Gasteiger partial charge on any atom is 0.435 e. The second kappa shape index (κ2) is 13.2. The monoisotopic (exact) mass is 636 g/mol. The molecule has 12 nitrogen and oxygen atoms in total. The number of alkyl halides is 3. The number of nitrogens with two attached hydrogens (primary N) is 1. The number of halogens is 3. The number of amides is 1. The SMILES string of the molecule is CC(=O)OC(CC(=O)OC1CNCC(Nc2cc(-n3nc(C(F)(F)F)c4c3CC(C)(C)CC4=O)ccc2C(N)=O)C1)CN(C)C. The Morgan fingerprint density at radius 1 is 1.22 bits per heavy atom. The van der Waals surface area contributed by atoms with Gasteiger partial charge in [0, 0.05) is 51.1 Å². The third-order valence-corrected chi connectivity index (χ3v) is 7.59. The molecule has 246 valence electrons. The molecule has 1 aromatic carbocycles. The first-order valence-electron chi connectivity index (χ1n) is 14.6. The van der Waals surface area contributed by atoms with E-state index in [2.05, 4.69) is 15.7 Å². The number of carbonyl (C=O) groups excluding carboxylic acids is 4. The Labute approximate surface area is 258 Å². The van der Waals surface area contributed by atoms with Crippen LogP contribution in [0, 0.1) is 5.41 Å². The van der Waals surface area contributed by atoms with Crippen LogP contribution in [-0.4, -0.2) is 90.3 Å². The Morgan fingerprint density at radius 2 is 1.93 bits per heavy atom. The van der Waals surface area contributed by atoms with Crippen LogP contribution in [0.25, 0.3) is 5.69 Å². The van der Waals surface area contributed by atoms with Gasteiger partial charge in [-0.05, 0) is 44.1 Å². The van der Waals surface area contributed by atoms with Crippen LogP contribution in [0.5, 0.6) is 0 Å². The van der Waals surface area contributed by atoms with Crippen LogP contribution in [0.1, 0.15) is 72.1 Å². The molecular weight excluding hydrogens is 597 g/mol. The van der Waals surface area contributed by atoms with Crippen LogP contribution < -0.4 is 16.4 Å². The Morgan fingerprint density at radius 3 is 2.56 bits per heavy atom. The molecule has 0 radical (unpaired) electrons. The van der Waals surface area contributed by atoms with Crippen molar-refractivity contribution in [3.05, 3.63) is 40.7 Å². The molecule has 1 aromatic heterocycles. The summed E-state index contributed by atoms with van der Waals surface area (Å²) in [6.07, 6.45) is -5.72. The number of fused-ring (bicyclic) bond motifs is 1. The summed E-state index contributed by atoms with van der Waals surface area (Å²) in [5.41, 5.74) is 4.07. The lowest BCUT2D eigenvalue weighted by Crippen LogP contribution is -2.47. The highest BCUT2D eigenvalue weighted by atomic mass is 19.4. The number of nitrogens with one attached hydrogen (secondary N) is 2. The van der Waals surface area contributed by atoms with Crippen molar-refractivity contribution in [2.75, 3.05) is 39.0 Å². The fourth-order valence-electron chi connectivity index (χ4n) is 5.89. The van der Waals surface area contributed by atoms with E-state index in [1.54, 1.807) is 32.8 Å². The van der Waals surface area contributed by atoms with E-state index in [-0.39, 0.29) is 47.9 Å². The first-order chi connectivity index (χ1) is 20.9. The number of anilines is 1. The molecule has 2 aromatic rings. The smallest absolute Gasteiger partial charge is 0.435 e. The maximum absolute atomic E-state index is 14.0. The molecule has 0 saturated carbocycles. The van der Waals surface area contributed by atoms with Gasteiger partial charge in [0.05, 0.1) is 28.9 Å². The predicted octanol–water partition coefficient (Wildman–Crippen LogP) is 2.71. The molecule has 1 aliphatic carbocycles. The van der Waals surface area contributed by atoms with Crippen molar-refractivity contribution in [3.8, 4) is 5.69 Å². The number of piperidine rings is 1. The number of hydrogen-bond acceptors (Lipinski definition) is 10. The highest BCUT2D eigenvalue weighted by molar-refractivity contribution is 6.00. The highest BCUT2D eigenvalue weighted by Crippen LogP contribution is 2.42. The molecule has 1 amide bonds. The van der Waals surface area contributed by atoms with Gasteiger partial charge >= 0.3 is 18.1 Å². The summed E-state index contributed by atoms with van der Waals surface area (Å²) in [7, 11) is 3.57. The van der Waals surface area contributed by atoms with Gasteiger partial charge in [0.15, 0.2) is 11.5 Å². The number of esters is 2. The van der Waals surface area contributed by atoms with Crippen molar-refractivity contribution in [1.29, 1.82) is 0 Å². The lowest BCUT2D eigenvalue weighted by atomic mass is 9.75. The molecule has 4 rings (SSSR count). The van der Waals surface area contributed by atoms with Crippen LogP contribution in [0.4, 0.5) is 18.9 Å².